The van der Waals surface area contributed by atoms with Crippen molar-refractivity contribution in [3.8, 4) is 11.1 Å². The van der Waals surface area contributed by atoms with Crippen LogP contribution in [-0.4, -0.2) is 28.3 Å². The molecule has 0 N–H and O–H groups in total. The monoisotopic (exact) mass is 425 g/mol. The standard InChI is InChI=1S/C20H19ClF3N3O2/c1-4-13(10-29-3)27-18-17(26-11(2)19(27)28)15(7-8-25-18)14-6-5-12(9-16(14)21)20(22,23)24/h5-9,13H,4,10H2,1-3H3. The van der Waals surface area contributed by atoms with Gasteiger partial charge in [-0.15, -0.1) is 0 Å². The van der Waals surface area contributed by atoms with E-state index < -0.39 is 11.7 Å². The molecule has 0 fully saturated rings. The van der Waals surface area contributed by atoms with Gasteiger partial charge in [-0.05, 0) is 31.5 Å². The molecule has 0 aliphatic heterocycles. The quantitative estimate of drug-likeness (QED) is 0.575. The summed E-state index contributed by atoms with van der Waals surface area (Å²) in [4.78, 5) is 21.5. The molecule has 0 spiro atoms. The van der Waals surface area contributed by atoms with Crippen LogP contribution in [0.3, 0.4) is 0 Å². The lowest BCUT2D eigenvalue weighted by Gasteiger charge is -2.20. The molecule has 1 unspecified atom stereocenters. The molecular weight excluding hydrogens is 407 g/mol. The molecule has 0 aliphatic carbocycles. The van der Waals surface area contributed by atoms with Gasteiger partial charge in [-0.2, -0.15) is 13.2 Å². The maximum atomic E-state index is 13.0. The third-order valence-corrected chi connectivity index (χ3v) is 5.04. The van der Waals surface area contributed by atoms with Crippen molar-refractivity contribution >= 4 is 22.8 Å². The van der Waals surface area contributed by atoms with Crippen LogP contribution in [0.15, 0.2) is 35.3 Å². The molecule has 0 radical (unpaired) electrons. The highest BCUT2D eigenvalue weighted by Crippen LogP contribution is 2.37. The summed E-state index contributed by atoms with van der Waals surface area (Å²) >= 11 is 6.18. The van der Waals surface area contributed by atoms with Crippen molar-refractivity contribution in [2.24, 2.45) is 0 Å². The Morgan fingerprint density at radius 3 is 2.55 bits per heavy atom. The first-order valence-corrected chi connectivity index (χ1v) is 9.30. The van der Waals surface area contributed by atoms with E-state index in [2.05, 4.69) is 9.97 Å². The molecule has 0 bridgehead atoms. The average Bonchev–Trinajstić information content (AvgIpc) is 2.67. The molecule has 154 valence electrons. The van der Waals surface area contributed by atoms with Crippen LogP contribution in [0, 0.1) is 6.92 Å². The lowest BCUT2D eigenvalue weighted by Crippen LogP contribution is -2.30. The number of fused-ring (bicyclic) bond motifs is 1. The van der Waals surface area contributed by atoms with E-state index in [1.165, 1.54) is 16.8 Å². The summed E-state index contributed by atoms with van der Waals surface area (Å²) in [5.41, 5.74) is 0.728. The van der Waals surface area contributed by atoms with Crippen molar-refractivity contribution < 1.29 is 17.9 Å². The summed E-state index contributed by atoms with van der Waals surface area (Å²) in [6.07, 6.45) is -2.39. The Hall–Kier alpha value is -2.45. The number of nitrogens with zero attached hydrogens (tertiary/aromatic N) is 3. The number of pyridine rings is 1. The van der Waals surface area contributed by atoms with Crippen LogP contribution < -0.4 is 5.56 Å². The largest absolute Gasteiger partial charge is 0.416 e. The Morgan fingerprint density at radius 1 is 1.24 bits per heavy atom. The first-order chi connectivity index (χ1) is 13.7. The summed E-state index contributed by atoms with van der Waals surface area (Å²) in [5, 5.41) is -0.0616. The minimum absolute atomic E-state index is 0.0616. The topological polar surface area (TPSA) is 57.0 Å². The van der Waals surface area contributed by atoms with E-state index in [9.17, 15) is 18.0 Å². The molecule has 0 amide bonds. The fraction of sp³-hybridized carbons (Fsp3) is 0.350. The molecule has 5 nitrogen and oxygen atoms in total. The zero-order valence-corrected chi connectivity index (χ0v) is 16.8. The van der Waals surface area contributed by atoms with Gasteiger partial charge in [0.1, 0.15) is 11.2 Å². The van der Waals surface area contributed by atoms with E-state index in [0.29, 0.717) is 35.3 Å². The van der Waals surface area contributed by atoms with Gasteiger partial charge < -0.3 is 4.74 Å². The highest BCUT2D eigenvalue weighted by atomic mass is 35.5. The highest BCUT2D eigenvalue weighted by Gasteiger charge is 2.31. The summed E-state index contributed by atoms with van der Waals surface area (Å²) in [7, 11) is 1.55. The molecule has 2 heterocycles. The van der Waals surface area contributed by atoms with Gasteiger partial charge in [-0.1, -0.05) is 24.6 Å². The molecule has 29 heavy (non-hydrogen) atoms. The number of aryl methyl sites for hydroxylation is 1. The van der Waals surface area contributed by atoms with Gasteiger partial charge >= 0.3 is 6.18 Å². The predicted molar refractivity (Wildman–Crippen MR) is 105 cm³/mol. The van der Waals surface area contributed by atoms with Crippen LogP contribution >= 0.6 is 11.6 Å². The Morgan fingerprint density at radius 2 is 1.97 bits per heavy atom. The molecule has 1 aromatic carbocycles. The Balaban J connectivity index is 2.29. The van der Waals surface area contributed by atoms with Gasteiger partial charge in [0.2, 0.25) is 0 Å². The number of ether oxygens (including phenoxy) is 1. The second-order valence-electron chi connectivity index (χ2n) is 6.61. The number of rotatable bonds is 5. The summed E-state index contributed by atoms with van der Waals surface area (Å²) < 4.78 is 45.7. The van der Waals surface area contributed by atoms with Gasteiger partial charge in [0.25, 0.3) is 5.56 Å². The number of aromatic nitrogens is 3. The maximum absolute atomic E-state index is 13.0. The number of methoxy groups -OCH3 is 1. The lowest BCUT2D eigenvalue weighted by molar-refractivity contribution is -0.137. The molecule has 0 aliphatic rings. The normalized spacial score (nSPS) is 13.1. The van der Waals surface area contributed by atoms with Gasteiger partial charge in [0.15, 0.2) is 5.65 Å². The van der Waals surface area contributed by atoms with Gasteiger partial charge in [-0.25, -0.2) is 9.97 Å². The Labute approximate surface area is 170 Å². The smallest absolute Gasteiger partial charge is 0.383 e. The summed E-state index contributed by atoms with van der Waals surface area (Å²) in [5.74, 6) is 0. The molecule has 3 aromatic rings. The van der Waals surface area contributed by atoms with Crippen molar-refractivity contribution in [2.75, 3.05) is 13.7 Å². The van der Waals surface area contributed by atoms with Gasteiger partial charge in [0, 0.05) is 29.5 Å². The molecule has 0 saturated carbocycles. The molecule has 1 atom stereocenters. The molecule has 3 rings (SSSR count). The van der Waals surface area contributed by atoms with Crippen molar-refractivity contribution in [3.05, 3.63) is 57.1 Å². The average molecular weight is 426 g/mol. The molecule has 2 aromatic heterocycles. The minimum Gasteiger partial charge on any atom is -0.383 e. The fourth-order valence-corrected chi connectivity index (χ4v) is 3.53. The fourth-order valence-electron chi connectivity index (χ4n) is 3.25. The third-order valence-electron chi connectivity index (χ3n) is 4.72. The Kier molecular flexibility index (Phi) is 5.95. The van der Waals surface area contributed by atoms with Crippen LogP contribution in [0.25, 0.3) is 22.3 Å². The van der Waals surface area contributed by atoms with Gasteiger partial charge in [0.05, 0.1) is 18.2 Å². The third kappa shape index (κ3) is 4.00. The van der Waals surface area contributed by atoms with E-state index in [4.69, 9.17) is 16.3 Å². The van der Waals surface area contributed by atoms with E-state index in [0.717, 1.165) is 12.1 Å². The number of halogens is 4. The van der Waals surface area contributed by atoms with E-state index in [1.54, 1.807) is 20.1 Å². The zero-order chi connectivity index (χ0) is 21.3. The maximum Gasteiger partial charge on any atom is 0.416 e. The van der Waals surface area contributed by atoms with Crippen LogP contribution in [0.4, 0.5) is 13.2 Å². The van der Waals surface area contributed by atoms with Crippen LogP contribution in [0.2, 0.25) is 5.02 Å². The number of hydrogen-bond donors (Lipinski definition) is 0. The van der Waals surface area contributed by atoms with Crippen LogP contribution in [0.1, 0.15) is 30.6 Å². The molecule has 0 saturated heterocycles. The van der Waals surface area contributed by atoms with Crippen LogP contribution in [0.5, 0.6) is 0 Å². The van der Waals surface area contributed by atoms with Crippen molar-refractivity contribution in [1.29, 1.82) is 0 Å². The van der Waals surface area contributed by atoms with Crippen molar-refractivity contribution in [3.63, 3.8) is 0 Å². The van der Waals surface area contributed by atoms with E-state index in [-0.39, 0.29) is 22.3 Å². The predicted octanol–water partition coefficient (Wildman–Crippen LogP) is 5.04. The van der Waals surface area contributed by atoms with Crippen molar-refractivity contribution in [1.82, 2.24) is 14.5 Å². The second-order valence-corrected chi connectivity index (χ2v) is 7.02. The first-order valence-electron chi connectivity index (χ1n) is 8.93. The summed E-state index contributed by atoms with van der Waals surface area (Å²) in [6, 6.07) is 4.51. The summed E-state index contributed by atoms with van der Waals surface area (Å²) in [6.45, 7) is 3.82. The lowest BCUT2D eigenvalue weighted by atomic mass is 10.0. The zero-order valence-electron chi connectivity index (χ0n) is 16.0. The van der Waals surface area contributed by atoms with E-state index in [1.807, 2.05) is 6.92 Å². The SMILES string of the molecule is CCC(COC)n1c(=O)c(C)nc2c(-c3ccc(C(F)(F)F)cc3Cl)ccnc21. The number of alkyl halides is 3. The number of benzene rings is 1. The first kappa shape index (κ1) is 21.3. The van der Waals surface area contributed by atoms with Gasteiger partial charge in [-0.3, -0.25) is 9.36 Å². The Bertz CT molecular complexity index is 1110. The van der Waals surface area contributed by atoms with Crippen molar-refractivity contribution in [2.45, 2.75) is 32.5 Å². The minimum atomic E-state index is -4.49. The molecule has 9 heteroatoms. The second kappa shape index (κ2) is 8.12. The highest BCUT2D eigenvalue weighted by molar-refractivity contribution is 6.33. The van der Waals surface area contributed by atoms with Crippen LogP contribution in [-0.2, 0) is 10.9 Å². The number of hydrogen-bond acceptors (Lipinski definition) is 4. The molecular formula is C20H19ClF3N3O2. The van der Waals surface area contributed by atoms with E-state index >= 15 is 0 Å².